The van der Waals surface area contributed by atoms with Gasteiger partial charge in [0.1, 0.15) is 23.8 Å². The standard InChI is InChI=1S/C29H25F2N9O2/c1-14(41)24-25(17-8-20-3-4-21(9-17)39(20)29(42)27-34-13-35-38-27)37-28-22(12-36-40(28)26(24)32)15-2-5-23(33-11-15)16-6-18(30)10-19(31)7-16/h2,5-7,10-13,17,20-21H,3-4,8-9,32H2,1H3,(H,34,35,38). The summed E-state index contributed by atoms with van der Waals surface area (Å²) in [7, 11) is 0. The highest BCUT2D eigenvalue weighted by atomic mass is 19.1. The molecule has 0 aliphatic carbocycles. The first kappa shape index (κ1) is 25.9. The summed E-state index contributed by atoms with van der Waals surface area (Å²) in [5.41, 5.74) is 9.97. The number of carbonyl (C=O) groups is 2. The topological polar surface area (TPSA) is 148 Å². The van der Waals surface area contributed by atoms with E-state index < -0.39 is 11.6 Å². The number of anilines is 1. The Morgan fingerprint density at radius 1 is 1.00 bits per heavy atom. The highest BCUT2D eigenvalue weighted by Gasteiger charge is 2.45. The van der Waals surface area contributed by atoms with E-state index in [1.807, 2.05) is 4.90 Å². The van der Waals surface area contributed by atoms with Crippen LogP contribution in [0.1, 0.15) is 65.2 Å². The molecule has 2 saturated heterocycles. The number of H-pyrrole nitrogens is 1. The van der Waals surface area contributed by atoms with Crippen molar-refractivity contribution in [1.82, 2.24) is 39.7 Å². The van der Waals surface area contributed by atoms with Crippen LogP contribution < -0.4 is 5.73 Å². The van der Waals surface area contributed by atoms with E-state index in [2.05, 4.69) is 25.3 Å². The second-order valence-electron chi connectivity index (χ2n) is 10.8. The van der Waals surface area contributed by atoms with Crippen molar-refractivity contribution in [3.05, 3.63) is 77.8 Å². The Hall–Kier alpha value is -5.07. The number of halogens is 2. The zero-order valence-corrected chi connectivity index (χ0v) is 22.5. The molecule has 7 rings (SSSR count). The highest BCUT2D eigenvalue weighted by Crippen LogP contribution is 2.45. The summed E-state index contributed by atoms with van der Waals surface area (Å²) in [5.74, 6) is -1.45. The van der Waals surface area contributed by atoms with E-state index in [1.54, 1.807) is 24.5 Å². The number of ketones is 1. The lowest BCUT2D eigenvalue weighted by atomic mass is 9.85. The molecule has 2 atom stereocenters. The van der Waals surface area contributed by atoms with Gasteiger partial charge in [-0.1, -0.05) is 6.07 Å². The first-order valence-electron chi connectivity index (χ1n) is 13.6. The number of nitrogen functional groups attached to an aromatic ring is 1. The van der Waals surface area contributed by atoms with E-state index in [1.165, 1.54) is 29.9 Å². The molecule has 2 aliphatic rings. The van der Waals surface area contributed by atoms with Gasteiger partial charge in [-0.2, -0.15) is 14.7 Å². The maximum absolute atomic E-state index is 13.7. The van der Waals surface area contributed by atoms with Crippen molar-refractivity contribution < 1.29 is 18.4 Å². The van der Waals surface area contributed by atoms with Crippen LogP contribution in [0.25, 0.3) is 28.0 Å². The van der Waals surface area contributed by atoms with Gasteiger partial charge in [-0.3, -0.25) is 19.7 Å². The Morgan fingerprint density at radius 3 is 2.36 bits per heavy atom. The molecule has 1 aromatic carbocycles. The number of aromatic nitrogens is 7. The number of hydrogen-bond donors (Lipinski definition) is 2. The van der Waals surface area contributed by atoms with Gasteiger partial charge >= 0.3 is 0 Å². The maximum atomic E-state index is 13.7. The Morgan fingerprint density at radius 2 is 1.74 bits per heavy atom. The van der Waals surface area contributed by atoms with Gasteiger partial charge in [0.15, 0.2) is 11.4 Å². The van der Waals surface area contributed by atoms with E-state index in [4.69, 9.17) is 10.7 Å². The number of nitrogens with two attached hydrogens (primary N) is 1. The fourth-order valence-electron chi connectivity index (χ4n) is 6.48. The maximum Gasteiger partial charge on any atom is 0.291 e. The van der Waals surface area contributed by atoms with Gasteiger partial charge < -0.3 is 10.6 Å². The van der Waals surface area contributed by atoms with E-state index in [9.17, 15) is 18.4 Å². The lowest BCUT2D eigenvalue weighted by molar-refractivity contribution is 0.0556. The normalized spacial score (nSPS) is 19.9. The molecule has 2 bridgehead atoms. The van der Waals surface area contributed by atoms with Gasteiger partial charge in [0.2, 0.25) is 5.82 Å². The van der Waals surface area contributed by atoms with Crippen LogP contribution in [0.5, 0.6) is 0 Å². The lowest BCUT2D eigenvalue weighted by Crippen LogP contribution is -2.46. The molecule has 2 unspecified atom stereocenters. The molecule has 42 heavy (non-hydrogen) atoms. The molecule has 2 aliphatic heterocycles. The van der Waals surface area contributed by atoms with Crippen LogP contribution in [0.2, 0.25) is 0 Å². The van der Waals surface area contributed by atoms with E-state index in [-0.39, 0.29) is 41.3 Å². The zero-order valence-electron chi connectivity index (χ0n) is 22.5. The first-order valence-corrected chi connectivity index (χ1v) is 13.6. The minimum Gasteiger partial charge on any atom is -0.383 e. The average Bonchev–Trinajstić information content (AvgIpc) is 3.70. The molecule has 5 aromatic rings. The van der Waals surface area contributed by atoms with Gasteiger partial charge in [0.05, 0.1) is 23.1 Å². The van der Waals surface area contributed by atoms with Gasteiger partial charge in [-0.15, -0.1) is 0 Å². The number of amides is 1. The third kappa shape index (κ3) is 4.19. The minimum absolute atomic E-state index is 0.0285. The van der Waals surface area contributed by atoms with Crippen LogP contribution in [0, 0.1) is 11.6 Å². The van der Waals surface area contributed by atoms with Crippen LogP contribution in [0.4, 0.5) is 14.6 Å². The van der Waals surface area contributed by atoms with Crippen LogP contribution in [0.3, 0.4) is 0 Å². The van der Waals surface area contributed by atoms with Gasteiger partial charge in [-0.05, 0) is 50.8 Å². The van der Waals surface area contributed by atoms with Crippen LogP contribution in [0.15, 0.2) is 49.1 Å². The monoisotopic (exact) mass is 569 g/mol. The van der Waals surface area contributed by atoms with Gasteiger partial charge in [-0.25, -0.2) is 18.7 Å². The third-order valence-corrected chi connectivity index (χ3v) is 8.27. The second kappa shape index (κ2) is 9.79. The Bertz CT molecular complexity index is 1820. The van der Waals surface area contributed by atoms with E-state index in [0.29, 0.717) is 52.1 Å². The molecule has 0 radical (unpaired) electrons. The Balaban J connectivity index is 1.25. The smallest absolute Gasteiger partial charge is 0.291 e. The predicted molar refractivity (Wildman–Crippen MR) is 147 cm³/mol. The largest absolute Gasteiger partial charge is 0.383 e. The van der Waals surface area contributed by atoms with Crippen LogP contribution in [-0.2, 0) is 0 Å². The molecular formula is C29H25F2N9O2. The summed E-state index contributed by atoms with van der Waals surface area (Å²) >= 11 is 0. The number of nitrogens with one attached hydrogen (secondary N) is 1. The molecule has 13 heteroatoms. The van der Waals surface area contributed by atoms with Crippen molar-refractivity contribution >= 4 is 23.2 Å². The van der Waals surface area contributed by atoms with Crippen molar-refractivity contribution in [1.29, 1.82) is 0 Å². The van der Waals surface area contributed by atoms with Crippen molar-refractivity contribution in [2.45, 2.75) is 50.6 Å². The average molecular weight is 570 g/mol. The molecule has 3 N–H and O–H groups in total. The number of pyridine rings is 1. The van der Waals surface area contributed by atoms with Crippen LogP contribution >= 0.6 is 0 Å². The molecule has 0 saturated carbocycles. The van der Waals surface area contributed by atoms with Crippen molar-refractivity contribution in [2.24, 2.45) is 0 Å². The van der Waals surface area contributed by atoms with E-state index >= 15 is 0 Å². The molecular weight excluding hydrogens is 544 g/mol. The summed E-state index contributed by atoms with van der Waals surface area (Å²) in [4.78, 5) is 41.3. The molecule has 4 aromatic heterocycles. The quantitative estimate of drug-likeness (QED) is 0.300. The number of aromatic amines is 1. The number of carbonyl (C=O) groups excluding carboxylic acids is 2. The Labute approximate surface area is 237 Å². The number of hydrogen-bond acceptors (Lipinski definition) is 8. The number of Topliss-reactive ketones (excluding diaryl/α,β-unsaturated/α-hetero) is 1. The second-order valence-corrected chi connectivity index (χ2v) is 10.8. The third-order valence-electron chi connectivity index (χ3n) is 8.27. The summed E-state index contributed by atoms with van der Waals surface area (Å²) in [6.07, 6.45) is 7.45. The lowest BCUT2D eigenvalue weighted by Gasteiger charge is -2.38. The van der Waals surface area contributed by atoms with Crippen molar-refractivity contribution in [2.75, 3.05) is 5.73 Å². The Kier molecular flexibility index (Phi) is 6.03. The fraction of sp³-hybridized carbons (Fsp3) is 0.276. The van der Waals surface area contributed by atoms with E-state index in [0.717, 1.165) is 18.9 Å². The predicted octanol–water partition coefficient (Wildman–Crippen LogP) is 4.19. The molecule has 1 amide bonds. The summed E-state index contributed by atoms with van der Waals surface area (Å²) in [6, 6.07) is 6.63. The molecule has 212 valence electrons. The fourth-order valence-corrected chi connectivity index (χ4v) is 6.48. The number of piperidine rings is 1. The zero-order chi connectivity index (χ0) is 29.1. The summed E-state index contributed by atoms with van der Waals surface area (Å²) in [5, 5.41) is 10.9. The van der Waals surface area contributed by atoms with Crippen molar-refractivity contribution in [3.8, 4) is 22.4 Å². The molecule has 11 nitrogen and oxygen atoms in total. The number of benzene rings is 1. The van der Waals surface area contributed by atoms with Gasteiger partial charge in [0.25, 0.3) is 5.91 Å². The molecule has 0 spiro atoms. The highest BCUT2D eigenvalue weighted by molar-refractivity contribution is 6.00. The first-order chi connectivity index (χ1) is 20.3. The van der Waals surface area contributed by atoms with Crippen LogP contribution in [-0.4, -0.2) is 63.4 Å². The van der Waals surface area contributed by atoms with Gasteiger partial charge in [0, 0.05) is 47.0 Å². The van der Waals surface area contributed by atoms with Crippen molar-refractivity contribution in [3.63, 3.8) is 0 Å². The number of nitrogens with zero attached hydrogens (tertiary/aromatic N) is 7. The number of rotatable bonds is 5. The minimum atomic E-state index is -0.686. The molecule has 6 heterocycles. The number of fused-ring (bicyclic) bond motifs is 3. The summed E-state index contributed by atoms with van der Waals surface area (Å²) < 4.78 is 28.9. The summed E-state index contributed by atoms with van der Waals surface area (Å²) in [6.45, 7) is 1.46. The SMILES string of the molecule is CC(=O)c1c(C2CC3CCC(C2)N3C(=O)c2ncn[nH]2)nc2c(-c3ccc(-c4cc(F)cc(F)c4)nc3)cnn2c1N. The molecule has 2 fully saturated rings.